The van der Waals surface area contributed by atoms with Crippen molar-refractivity contribution in [3.05, 3.63) is 71.6 Å². The lowest BCUT2D eigenvalue weighted by atomic mass is 10.1. The first kappa shape index (κ1) is 14.8. The molecule has 0 bridgehead atoms. The van der Waals surface area contributed by atoms with Gasteiger partial charge in [0.15, 0.2) is 0 Å². The van der Waals surface area contributed by atoms with Gasteiger partial charge in [0.05, 0.1) is 6.04 Å². The second-order valence-electron chi connectivity index (χ2n) is 4.79. The summed E-state index contributed by atoms with van der Waals surface area (Å²) in [5.74, 6) is -0.547. The summed E-state index contributed by atoms with van der Waals surface area (Å²) in [5, 5.41) is 2.79. The highest BCUT2D eigenvalue weighted by molar-refractivity contribution is 5.92. The average Bonchev–Trinajstić information content (AvgIpc) is 2.46. The summed E-state index contributed by atoms with van der Waals surface area (Å²) in [5.41, 5.74) is 7.88. The molecule has 0 aliphatic rings. The van der Waals surface area contributed by atoms with Crippen LogP contribution in [-0.2, 0) is 4.79 Å². The van der Waals surface area contributed by atoms with Gasteiger partial charge < -0.3 is 11.1 Å². The Kier molecular flexibility index (Phi) is 4.72. The standard InChI is InChI=1S/C17H17FN2O/c1-12(14-3-2-4-15(18)11-14)20-17(21)10-7-13-5-8-16(19)9-6-13/h2-12H,19H2,1H3,(H,20,21)/b10-7+. The Bertz CT molecular complexity index is 650. The molecule has 0 aromatic heterocycles. The largest absolute Gasteiger partial charge is 0.399 e. The smallest absolute Gasteiger partial charge is 0.244 e. The Morgan fingerprint density at radius 2 is 1.95 bits per heavy atom. The molecule has 0 spiro atoms. The first-order chi connectivity index (χ1) is 10.0. The zero-order chi connectivity index (χ0) is 15.2. The van der Waals surface area contributed by atoms with E-state index in [9.17, 15) is 9.18 Å². The lowest BCUT2D eigenvalue weighted by molar-refractivity contribution is -0.117. The molecule has 0 radical (unpaired) electrons. The molecule has 21 heavy (non-hydrogen) atoms. The molecule has 0 heterocycles. The van der Waals surface area contributed by atoms with Gasteiger partial charge >= 0.3 is 0 Å². The van der Waals surface area contributed by atoms with E-state index in [4.69, 9.17) is 5.73 Å². The van der Waals surface area contributed by atoms with Crippen molar-refractivity contribution < 1.29 is 9.18 Å². The fourth-order valence-corrected chi connectivity index (χ4v) is 1.90. The van der Waals surface area contributed by atoms with Crippen molar-refractivity contribution in [2.75, 3.05) is 5.73 Å². The molecule has 3 N–H and O–H groups in total. The van der Waals surface area contributed by atoms with Crippen molar-refractivity contribution in [3.63, 3.8) is 0 Å². The first-order valence-corrected chi connectivity index (χ1v) is 6.64. The molecule has 0 aliphatic heterocycles. The third-order valence-electron chi connectivity index (χ3n) is 3.07. The van der Waals surface area contributed by atoms with Gasteiger partial charge in [0.1, 0.15) is 5.82 Å². The Hall–Kier alpha value is -2.62. The lowest BCUT2D eigenvalue weighted by Gasteiger charge is -2.12. The zero-order valence-electron chi connectivity index (χ0n) is 11.7. The molecule has 2 rings (SSSR count). The molecule has 0 aliphatic carbocycles. The van der Waals surface area contributed by atoms with Gasteiger partial charge in [-0.2, -0.15) is 0 Å². The van der Waals surface area contributed by atoms with Gasteiger partial charge in [0.2, 0.25) is 5.91 Å². The predicted octanol–water partition coefficient (Wildman–Crippen LogP) is 3.30. The molecular weight excluding hydrogens is 267 g/mol. The molecule has 1 unspecified atom stereocenters. The molecule has 0 saturated carbocycles. The third-order valence-corrected chi connectivity index (χ3v) is 3.07. The number of hydrogen-bond acceptors (Lipinski definition) is 2. The number of carbonyl (C=O) groups excluding carboxylic acids is 1. The molecule has 2 aromatic rings. The summed E-state index contributed by atoms with van der Waals surface area (Å²) in [7, 11) is 0. The molecule has 108 valence electrons. The van der Waals surface area contributed by atoms with Crippen LogP contribution in [0.15, 0.2) is 54.6 Å². The van der Waals surface area contributed by atoms with Crippen LogP contribution in [0, 0.1) is 5.82 Å². The van der Waals surface area contributed by atoms with E-state index in [1.165, 1.54) is 18.2 Å². The zero-order valence-corrected chi connectivity index (χ0v) is 11.7. The Morgan fingerprint density at radius 1 is 1.24 bits per heavy atom. The number of nitrogens with two attached hydrogens (primary N) is 1. The van der Waals surface area contributed by atoms with Crippen LogP contribution in [0.1, 0.15) is 24.1 Å². The summed E-state index contributed by atoms with van der Waals surface area (Å²) in [4.78, 5) is 11.8. The number of nitrogen functional groups attached to an aromatic ring is 1. The highest BCUT2D eigenvalue weighted by Crippen LogP contribution is 2.13. The van der Waals surface area contributed by atoms with E-state index in [0.29, 0.717) is 5.69 Å². The highest BCUT2D eigenvalue weighted by Gasteiger charge is 2.07. The maximum atomic E-state index is 13.1. The van der Waals surface area contributed by atoms with E-state index in [1.807, 2.05) is 19.1 Å². The van der Waals surface area contributed by atoms with Crippen molar-refractivity contribution in [2.24, 2.45) is 0 Å². The van der Waals surface area contributed by atoms with E-state index in [1.54, 1.807) is 30.3 Å². The van der Waals surface area contributed by atoms with Crippen LogP contribution in [0.4, 0.5) is 10.1 Å². The van der Waals surface area contributed by atoms with E-state index in [-0.39, 0.29) is 17.8 Å². The van der Waals surface area contributed by atoms with Crippen LogP contribution in [0.25, 0.3) is 6.08 Å². The Morgan fingerprint density at radius 3 is 2.62 bits per heavy atom. The number of nitrogens with one attached hydrogen (secondary N) is 1. The van der Waals surface area contributed by atoms with Gasteiger partial charge in [0, 0.05) is 11.8 Å². The van der Waals surface area contributed by atoms with Crippen LogP contribution < -0.4 is 11.1 Å². The number of halogens is 1. The molecule has 1 amide bonds. The molecule has 1 atom stereocenters. The minimum Gasteiger partial charge on any atom is -0.399 e. The van der Waals surface area contributed by atoms with Crippen molar-refractivity contribution in [1.82, 2.24) is 5.32 Å². The number of rotatable bonds is 4. The van der Waals surface area contributed by atoms with Crippen molar-refractivity contribution in [3.8, 4) is 0 Å². The Labute approximate surface area is 123 Å². The van der Waals surface area contributed by atoms with Crippen LogP contribution >= 0.6 is 0 Å². The maximum absolute atomic E-state index is 13.1. The maximum Gasteiger partial charge on any atom is 0.244 e. The summed E-state index contributed by atoms with van der Waals surface area (Å²) in [6, 6.07) is 13.1. The normalized spacial score (nSPS) is 12.3. The van der Waals surface area contributed by atoms with Gasteiger partial charge in [-0.05, 0) is 48.4 Å². The Balaban J connectivity index is 1.96. The molecular formula is C17H17FN2O. The van der Waals surface area contributed by atoms with Crippen molar-refractivity contribution in [1.29, 1.82) is 0 Å². The van der Waals surface area contributed by atoms with Gasteiger partial charge in [-0.25, -0.2) is 4.39 Å². The molecule has 2 aromatic carbocycles. The molecule has 0 fully saturated rings. The molecule has 0 saturated heterocycles. The fourth-order valence-electron chi connectivity index (χ4n) is 1.90. The second-order valence-corrected chi connectivity index (χ2v) is 4.79. The van der Waals surface area contributed by atoms with Gasteiger partial charge in [-0.1, -0.05) is 24.3 Å². The summed E-state index contributed by atoms with van der Waals surface area (Å²) < 4.78 is 13.1. The number of carbonyl (C=O) groups is 1. The first-order valence-electron chi connectivity index (χ1n) is 6.64. The van der Waals surface area contributed by atoms with Crippen molar-refractivity contribution >= 4 is 17.7 Å². The summed E-state index contributed by atoms with van der Waals surface area (Å²) >= 11 is 0. The number of amides is 1. The van der Waals surface area contributed by atoms with Crippen LogP contribution in [0.5, 0.6) is 0 Å². The minimum absolute atomic E-state index is 0.233. The van der Waals surface area contributed by atoms with Gasteiger partial charge in [0.25, 0.3) is 0 Å². The quantitative estimate of drug-likeness (QED) is 0.668. The molecule has 4 heteroatoms. The summed E-state index contributed by atoms with van der Waals surface area (Å²) in [6.07, 6.45) is 3.15. The molecule has 3 nitrogen and oxygen atoms in total. The number of hydrogen-bond donors (Lipinski definition) is 2. The average molecular weight is 284 g/mol. The van der Waals surface area contributed by atoms with Crippen LogP contribution in [0.2, 0.25) is 0 Å². The van der Waals surface area contributed by atoms with E-state index in [2.05, 4.69) is 5.32 Å². The monoisotopic (exact) mass is 284 g/mol. The number of benzene rings is 2. The fraction of sp³-hybridized carbons (Fsp3) is 0.118. The van der Waals surface area contributed by atoms with Gasteiger partial charge in [-0.3, -0.25) is 4.79 Å². The highest BCUT2D eigenvalue weighted by atomic mass is 19.1. The summed E-state index contributed by atoms with van der Waals surface area (Å²) in [6.45, 7) is 1.81. The topological polar surface area (TPSA) is 55.1 Å². The number of anilines is 1. The third kappa shape index (κ3) is 4.45. The lowest BCUT2D eigenvalue weighted by Crippen LogP contribution is -2.24. The van der Waals surface area contributed by atoms with E-state index < -0.39 is 0 Å². The predicted molar refractivity (Wildman–Crippen MR) is 82.8 cm³/mol. The second kappa shape index (κ2) is 6.70. The van der Waals surface area contributed by atoms with Crippen LogP contribution in [0.3, 0.4) is 0 Å². The minimum atomic E-state index is -0.314. The van der Waals surface area contributed by atoms with Crippen LogP contribution in [-0.4, -0.2) is 5.91 Å². The van der Waals surface area contributed by atoms with E-state index >= 15 is 0 Å². The van der Waals surface area contributed by atoms with Crippen molar-refractivity contribution in [2.45, 2.75) is 13.0 Å². The van der Waals surface area contributed by atoms with E-state index in [0.717, 1.165) is 11.1 Å². The SMILES string of the molecule is CC(NC(=O)/C=C/c1ccc(N)cc1)c1cccc(F)c1. The van der Waals surface area contributed by atoms with Gasteiger partial charge in [-0.15, -0.1) is 0 Å².